The van der Waals surface area contributed by atoms with Gasteiger partial charge in [0.15, 0.2) is 0 Å². The SMILES string of the molecule is O=C(O)COCCNC(=O)C(C(F)(F)F)C(F)(F)F. The molecular weight excluding hydrogens is 288 g/mol. The van der Waals surface area contributed by atoms with Gasteiger partial charge >= 0.3 is 18.3 Å². The molecule has 19 heavy (non-hydrogen) atoms. The van der Waals surface area contributed by atoms with E-state index in [1.54, 1.807) is 0 Å². The second-order valence-corrected chi connectivity index (χ2v) is 3.25. The van der Waals surface area contributed by atoms with Crippen LogP contribution in [-0.4, -0.2) is 49.1 Å². The van der Waals surface area contributed by atoms with Gasteiger partial charge in [0.2, 0.25) is 11.8 Å². The van der Waals surface area contributed by atoms with Crippen molar-refractivity contribution >= 4 is 11.9 Å². The van der Waals surface area contributed by atoms with E-state index in [1.807, 2.05) is 0 Å². The van der Waals surface area contributed by atoms with Gasteiger partial charge in [0.1, 0.15) is 6.61 Å². The Labute approximate surface area is 102 Å². The molecule has 0 aromatic carbocycles. The van der Waals surface area contributed by atoms with Crippen LogP contribution >= 0.6 is 0 Å². The van der Waals surface area contributed by atoms with Crippen LogP contribution in [0.15, 0.2) is 0 Å². The molecule has 5 nitrogen and oxygen atoms in total. The molecule has 0 aliphatic carbocycles. The van der Waals surface area contributed by atoms with Crippen LogP contribution in [0.1, 0.15) is 0 Å². The molecule has 0 spiro atoms. The normalized spacial score (nSPS) is 12.6. The first-order chi connectivity index (χ1) is 8.46. The van der Waals surface area contributed by atoms with Crippen LogP contribution < -0.4 is 5.32 Å². The number of ether oxygens (including phenoxy) is 1. The second kappa shape index (κ2) is 6.59. The molecule has 0 aliphatic rings. The Morgan fingerprint density at radius 3 is 1.95 bits per heavy atom. The van der Waals surface area contributed by atoms with Gasteiger partial charge in [-0.15, -0.1) is 0 Å². The van der Waals surface area contributed by atoms with Crippen molar-refractivity contribution in [2.75, 3.05) is 19.8 Å². The number of halogens is 6. The fraction of sp³-hybridized carbons (Fsp3) is 0.750. The number of carboxylic acids is 1. The molecule has 0 bridgehead atoms. The highest BCUT2D eigenvalue weighted by Crippen LogP contribution is 2.39. The van der Waals surface area contributed by atoms with Crippen molar-refractivity contribution < 1.29 is 45.8 Å². The maximum absolute atomic E-state index is 12.1. The Morgan fingerprint density at radius 1 is 1.11 bits per heavy atom. The Bertz CT molecular complexity index is 312. The summed E-state index contributed by atoms with van der Waals surface area (Å²) in [5.41, 5.74) is 0. The summed E-state index contributed by atoms with van der Waals surface area (Å²) in [6.07, 6.45) is -11.5. The van der Waals surface area contributed by atoms with Crippen LogP contribution in [0.2, 0.25) is 0 Å². The Morgan fingerprint density at radius 2 is 1.58 bits per heavy atom. The summed E-state index contributed by atoms with van der Waals surface area (Å²) >= 11 is 0. The number of amides is 1. The third-order valence-electron chi connectivity index (χ3n) is 1.69. The van der Waals surface area contributed by atoms with E-state index in [9.17, 15) is 35.9 Å². The topological polar surface area (TPSA) is 75.6 Å². The number of aliphatic carboxylic acids is 1. The molecule has 1 amide bonds. The van der Waals surface area contributed by atoms with Crippen LogP contribution in [0, 0.1) is 5.92 Å². The number of hydrogen-bond acceptors (Lipinski definition) is 3. The summed E-state index contributed by atoms with van der Waals surface area (Å²) in [6.45, 7) is -1.98. The maximum Gasteiger partial charge on any atom is 0.409 e. The van der Waals surface area contributed by atoms with Gasteiger partial charge in [0.05, 0.1) is 6.61 Å². The summed E-state index contributed by atoms with van der Waals surface area (Å²) in [7, 11) is 0. The quantitative estimate of drug-likeness (QED) is 0.565. The Kier molecular flexibility index (Phi) is 6.06. The van der Waals surface area contributed by atoms with Crippen LogP contribution in [0.25, 0.3) is 0 Å². The number of carboxylic acid groups (broad SMARTS) is 1. The van der Waals surface area contributed by atoms with E-state index in [2.05, 4.69) is 4.74 Å². The van der Waals surface area contributed by atoms with Crippen LogP contribution in [0.5, 0.6) is 0 Å². The van der Waals surface area contributed by atoms with Gasteiger partial charge in [-0.05, 0) is 0 Å². The van der Waals surface area contributed by atoms with E-state index in [1.165, 1.54) is 5.32 Å². The van der Waals surface area contributed by atoms with Crippen LogP contribution in [-0.2, 0) is 14.3 Å². The van der Waals surface area contributed by atoms with E-state index >= 15 is 0 Å². The first-order valence-electron chi connectivity index (χ1n) is 4.67. The number of carbonyl (C=O) groups excluding carboxylic acids is 1. The molecule has 0 aliphatic heterocycles. The molecular formula is C8H9F6NO4. The molecule has 0 aromatic rings. The fourth-order valence-electron chi connectivity index (χ4n) is 0.991. The molecule has 0 radical (unpaired) electrons. The lowest BCUT2D eigenvalue weighted by Crippen LogP contribution is -2.48. The van der Waals surface area contributed by atoms with Gasteiger partial charge in [-0.3, -0.25) is 4.79 Å². The van der Waals surface area contributed by atoms with Gasteiger partial charge in [-0.1, -0.05) is 0 Å². The van der Waals surface area contributed by atoms with E-state index in [-0.39, 0.29) is 0 Å². The van der Waals surface area contributed by atoms with E-state index in [0.717, 1.165) is 0 Å². The summed E-state index contributed by atoms with van der Waals surface area (Å²) in [5, 5.41) is 9.49. The average molecular weight is 297 g/mol. The maximum atomic E-state index is 12.1. The number of rotatable bonds is 6. The predicted molar refractivity (Wildman–Crippen MR) is 47.1 cm³/mol. The molecule has 0 saturated carbocycles. The van der Waals surface area contributed by atoms with Gasteiger partial charge in [0.25, 0.3) is 0 Å². The smallest absolute Gasteiger partial charge is 0.409 e. The molecule has 0 fully saturated rings. The number of hydrogen-bond donors (Lipinski definition) is 2. The van der Waals surface area contributed by atoms with E-state index in [4.69, 9.17) is 5.11 Å². The number of carbonyl (C=O) groups is 2. The number of alkyl halides is 6. The Hall–Kier alpha value is -1.52. The van der Waals surface area contributed by atoms with Crippen molar-refractivity contribution in [3.8, 4) is 0 Å². The van der Waals surface area contributed by atoms with Crippen molar-refractivity contribution in [1.29, 1.82) is 0 Å². The van der Waals surface area contributed by atoms with Crippen molar-refractivity contribution in [3.63, 3.8) is 0 Å². The van der Waals surface area contributed by atoms with Crippen LogP contribution in [0.3, 0.4) is 0 Å². The summed E-state index contributed by atoms with van der Waals surface area (Å²) < 4.78 is 76.7. The average Bonchev–Trinajstić information content (AvgIpc) is 2.11. The third kappa shape index (κ3) is 6.84. The highest BCUT2D eigenvalue weighted by molar-refractivity contribution is 5.80. The Balaban J connectivity index is 4.33. The first-order valence-corrected chi connectivity index (χ1v) is 4.67. The molecule has 0 heterocycles. The van der Waals surface area contributed by atoms with Crippen molar-refractivity contribution in [2.45, 2.75) is 12.4 Å². The second-order valence-electron chi connectivity index (χ2n) is 3.25. The summed E-state index contributed by atoms with van der Waals surface area (Å²) in [4.78, 5) is 20.8. The molecule has 0 saturated heterocycles. The molecule has 112 valence electrons. The standard InChI is InChI=1S/C8H9F6NO4/c9-7(10,11)5(8(12,13)14)6(18)15-1-2-19-3-4(16)17/h5H,1-3H2,(H,15,18)(H,16,17). The lowest BCUT2D eigenvalue weighted by Gasteiger charge is -2.21. The lowest BCUT2D eigenvalue weighted by atomic mass is 10.1. The molecule has 0 rings (SSSR count). The summed E-state index contributed by atoms with van der Waals surface area (Å²) in [6, 6.07) is 0. The van der Waals surface area contributed by atoms with Gasteiger partial charge in [-0.25, -0.2) is 4.79 Å². The molecule has 0 aromatic heterocycles. The van der Waals surface area contributed by atoms with Gasteiger partial charge in [0, 0.05) is 6.54 Å². The monoisotopic (exact) mass is 297 g/mol. The lowest BCUT2D eigenvalue weighted by molar-refractivity contribution is -0.274. The van der Waals surface area contributed by atoms with E-state index in [0.29, 0.717) is 0 Å². The minimum absolute atomic E-state index is 0.527. The third-order valence-corrected chi connectivity index (χ3v) is 1.69. The number of nitrogens with one attached hydrogen (secondary N) is 1. The fourth-order valence-corrected chi connectivity index (χ4v) is 0.991. The highest BCUT2D eigenvalue weighted by Gasteiger charge is 2.60. The highest BCUT2D eigenvalue weighted by atomic mass is 19.4. The zero-order valence-corrected chi connectivity index (χ0v) is 9.14. The zero-order valence-electron chi connectivity index (χ0n) is 9.14. The predicted octanol–water partition coefficient (Wildman–Crippen LogP) is 0.945. The molecule has 0 atom stereocenters. The van der Waals surface area contributed by atoms with Crippen molar-refractivity contribution in [2.24, 2.45) is 5.92 Å². The first kappa shape index (κ1) is 17.5. The van der Waals surface area contributed by atoms with Gasteiger partial charge in [-0.2, -0.15) is 26.3 Å². The minimum atomic E-state index is -5.76. The molecule has 2 N–H and O–H groups in total. The van der Waals surface area contributed by atoms with Crippen molar-refractivity contribution in [3.05, 3.63) is 0 Å². The largest absolute Gasteiger partial charge is 0.480 e. The van der Waals surface area contributed by atoms with Crippen LogP contribution in [0.4, 0.5) is 26.3 Å². The van der Waals surface area contributed by atoms with Crippen molar-refractivity contribution in [1.82, 2.24) is 5.32 Å². The zero-order chi connectivity index (χ0) is 15.3. The summed E-state index contributed by atoms with van der Waals surface area (Å²) in [5.74, 6) is -7.76. The van der Waals surface area contributed by atoms with Gasteiger partial charge < -0.3 is 15.2 Å². The van der Waals surface area contributed by atoms with E-state index < -0.39 is 49.9 Å². The minimum Gasteiger partial charge on any atom is -0.480 e. The molecule has 11 heteroatoms. The molecule has 0 unspecified atom stereocenters.